The van der Waals surface area contributed by atoms with Gasteiger partial charge in [0, 0.05) is 29.0 Å². The summed E-state index contributed by atoms with van der Waals surface area (Å²) >= 11 is 12.3. The summed E-state index contributed by atoms with van der Waals surface area (Å²) in [6.07, 6.45) is 1.68. The zero-order valence-electron chi connectivity index (χ0n) is 18.9. The molecular weight excluding hydrogens is 481 g/mol. The number of amides is 1. The lowest BCUT2D eigenvalue weighted by Gasteiger charge is -2.39. The lowest BCUT2D eigenvalue weighted by Crippen LogP contribution is -2.43. The largest absolute Gasteiger partial charge is 0.365 e. The fraction of sp³-hybridized carbons (Fsp3) is 0.375. The number of anilines is 1. The molecule has 2 aliphatic carbocycles. The number of halogens is 2. The number of nitro groups is 1. The average Bonchev–Trinajstić information content (AvgIpc) is 3.10. The van der Waals surface area contributed by atoms with Crippen molar-refractivity contribution in [3.8, 4) is 0 Å². The minimum Gasteiger partial charge on any atom is -0.324 e. The summed E-state index contributed by atoms with van der Waals surface area (Å²) in [7, 11) is 0. The number of carbonyl (C=O) groups is 2. The van der Waals surface area contributed by atoms with E-state index < -0.39 is 27.1 Å². The van der Waals surface area contributed by atoms with Gasteiger partial charge in [0.2, 0.25) is 5.91 Å². The van der Waals surface area contributed by atoms with Gasteiger partial charge in [-0.15, -0.1) is 0 Å². The molecule has 2 bridgehead atoms. The Morgan fingerprint density at radius 3 is 2.41 bits per heavy atom. The van der Waals surface area contributed by atoms with Crippen molar-refractivity contribution >= 4 is 52.2 Å². The number of hydrogen-bond acceptors (Lipinski definition) is 6. The van der Waals surface area contributed by atoms with Crippen LogP contribution < -0.4 is 5.32 Å². The maximum atomic E-state index is 13.6. The number of rotatable bonds is 5. The average molecular weight is 504 g/mol. The molecule has 0 spiro atoms. The number of carbonyl (C=O) groups excluding carboxylic acids is 2. The van der Waals surface area contributed by atoms with Crippen LogP contribution in [0.15, 0.2) is 47.6 Å². The van der Waals surface area contributed by atoms with E-state index >= 15 is 0 Å². The van der Waals surface area contributed by atoms with Crippen molar-refractivity contribution in [2.75, 3.05) is 5.32 Å². The number of nitro benzene ring substituents is 1. The van der Waals surface area contributed by atoms with Crippen molar-refractivity contribution in [3.05, 3.63) is 68.2 Å². The van der Waals surface area contributed by atoms with Crippen LogP contribution in [0.1, 0.15) is 50.4 Å². The van der Waals surface area contributed by atoms with Gasteiger partial charge in [-0.2, -0.15) is 0 Å². The normalized spacial score (nSPS) is 25.9. The highest BCUT2D eigenvalue weighted by Crippen LogP contribution is 2.71. The Hall–Kier alpha value is -2.97. The van der Waals surface area contributed by atoms with Crippen LogP contribution in [0.4, 0.5) is 11.4 Å². The molecule has 0 radical (unpaired) electrons. The molecule has 2 fully saturated rings. The summed E-state index contributed by atoms with van der Waals surface area (Å²) in [6, 6.07) is 9.97. The minimum atomic E-state index is -0.772. The molecule has 2 unspecified atom stereocenters. The predicted molar refractivity (Wildman–Crippen MR) is 129 cm³/mol. The second kappa shape index (κ2) is 8.36. The monoisotopic (exact) mass is 503 g/mol. The van der Waals surface area contributed by atoms with Crippen LogP contribution in [0, 0.1) is 26.4 Å². The maximum Gasteiger partial charge on any atom is 0.365 e. The molecule has 2 aliphatic rings. The third-order valence-corrected chi connectivity index (χ3v) is 8.46. The van der Waals surface area contributed by atoms with Crippen LogP contribution >= 0.6 is 23.2 Å². The molecule has 2 atom stereocenters. The van der Waals surface area contributed by atoms with Gasteiger partial charge in [0.25, 0.3) is 5.69 Å². The molecule has 10 heteroatoms. The van der Waals surface area contributed by atoms with E-state index in [-0.39, 0.29) is 17.2 Å². The third kappa shape index (κ3) is 3.65. The highest BCUT2D eigenvalue weighted by atomic mass is 35.5. The van der Waals surface area contributed by atoms with Gasteiger partial charge in [-0.3, -0.25) is 14.9 Å². The van der Waals surface area contributed by atoms with E-state index in [4.69, 9.17) is 28.0 Å². The first-order valence-corrected chi connectivity index (χ1v) is 11.5. The summed E-state index contributed by atoms with van der Waals surface area (Å²) in [5.74, 6) is -0.909. The van der Waals surface area contributed by atoms with Crippen LogP contribution in [0.3, 0.4) is 0 Å². The van der Waals surface area contributed by atoms with Crippen molar-refractivity contribution in [2.45, 2.75) is 40.0 Å². The highest BCUT2D eigenvalue weighted by molar-refractivity contribution is 6.35. The highest BCUT2D eigenvalue weighted by Gasteiger charge is 2.71. The lowest BCUT2D eigenvalue weighted by molar-refractivity contribution is -0.384. The molecule has 0 heterocycles. The van der Waals surface area contributed by atoms with E-state index in [2.05, 4.69) is 10.5 Å². The fourth-order valence-corrected chi connectivity index (χ4v) is 5.56. The van der Waals surface area contributed by atoms with Crippen LogP contribution in [-0.2, 0) is 9.63 Å². The Balaban J connectivity index is 1.57. The summed E-state index contributed by atoms with van der Waals surface area (Å²) in [4.78, 5) is 41.5. The van der Waals surface area contributed by atoms with Gasteiger partial charge in [0.1, 0.15) is 0 Å². The summed E-state index contributed by atoms with van der Waals surface area (Å²) < 4.78 is 0. The Morgan fingerprint density at radius 1 is 1.09 bits per heavy atom. The maximum absolute atomic E-state index is 13.6. The Morgan fingerprint density at radius 2 is 1.76 bits per heavy atom. The Bertz CT molecular complexity index is 1230. The summed E-state index contributed by atoms with van der Waals surface area (Å²) in [5.41, 5.74) is -0.624. The number of nitrogens with one attached hydrogen (secondary N) is 1. The van der Waals surface area contributed by atoms with E-state index in [9.17, 15) is 19.7 Å². The Kier molecular flexibility index (Phi) is 5.94. The first kappa shape index (κ1) is 24.2. The van der Waals surface area contributed by atoms with Gasteiger partial charge >= 0.3 is 5.97 Å². The number of nitrogens with zero attached hydrogens (tertiary/aromatic N) is 2. The van der Waals surface area contributed by atoms with Crippen LogP contribution in [-0.4, -0.2) is 22.5 Å². The zero-order chi connectivity index (χ0) is 24.9. The number of non-ortho nitro benzene ring substituents is 1. The van der Waals surface area contributed by atoms with Crippen LogP contribution in [0.5, 0.6) is 0 Å². The smallest absolute Gasteiger partial charge is 0.324 e. The van der Waals surface area contributed by atoms with E-state index in [1.165, 1.54) is 24.3 Å². The lowest BCUT2D eigenvalue weighted by atomic mass is 9.64. The van der Waals surface area contributed by atoms with Gasteiger partial charge in [-0.1, -0.05) is 49.1 Å². The van der Waals surface area contributed by atoms with Crippen molar-refractivity contribution in [2.24, 2.45) is 21.4 Å². The van der Waals surface area contributed by atoms with Gasteiger partial charge in [-0.25, -0.2) is 4.79 Å². The summed E-state index contributed by atoms with van der Waals surface area (Å²) in [5, 5.41) is 18.8. The van der Waals surface area contributed by atoms with Crippen molar-refractivity contribution in [1.82, 2.24) is 0 Å². The van der Waals surface area contributed by atoms with Crippen molar-refractivity contribution < 1.29 is 19.3 Å². The molecule has 1 N–H and O–H groups in total. The standard InChI is InChI=1S/C24H23Cl2N3O5/c1-22(2)23(3)10-11-24(22,21(31)27-18-12-15(25)6-9-17(18)26)13-19(23)28-34-20(30)14-4-7-16(8-5-14)29(32)33/h4-9,12H,10-11,13H2,1-3H3,(H,27,31)/b28-19+. The molecule has 8 nitrogen and oxygen atoms in total. The molecule has 4 rings (SSSR count). The minimum absolute atomic E-state index is 0.127. The second-order valence-corrected chi connectivity index (χ2v) is 10.4. The predicted octanol–water partition coefficient (Wildman–Crippen LogP) is 6.27. The molecule has 0 aromatic heterocycles. The second-order valence-electron chi connectivity index (χ2n) is 9.51. The zero-order valence-corrected chi connectivity index (χ0v) is 20.4. The van der Waals surface area contributed by atoms with Gasteiger partial charge in [0.15, 0.2) is 0 Å². The third-order valence-electron chi connectivity index (χ3n) is 7.90. The van der Waals surface area contributed by atoms with Crippen LogP contribution in [0.2, 0.25) is 10.0 Å². The first-order valence-electron chi connectivity index (χ1n) is 10.7. The van der Waals surface area contributed by atoms with Crippen molar-refractivity contribution in [1.29, 1.82) is 0 Å². The number of oxime groups is 1. The molecule has 0 aliphatic heterocycles. The fourth-order valence-electron chi connectivity index (χ4n) is 5.23. The molecule has 2 aromatic carbocycles. The van der Waals surface area contributed by atoms with E-state index in [0.717, 1.165) is 0 Å². The van der Waals surface area contributed by atoms with E-state index in [1.54, 1.807) is 18.2 Å². The van der Waals surface area contributed by atoms with E-state index in [0.29, 0.717) is 40.7 Å². The molecule has 2 aromatic rings. The summed E-state index contributed by atoms with van der Waals surface area (Å²) in [6.45, 7) is 6.08. The number of fused-ring (bicyclic) bond motifs is 2. The van der Waals surface area contributed by atoms with Crippen molar-refractivity contribution in [3.63, 3.8) is 0 Å². The number of hydrogen-bond donors (Lipinski definition) is 1. The van der Waals surface area contributed by atoms with Gasteiger partial charge < -0.3 is 10.2 Å². The van der Waals surface area contributed by atoms with Gasteiger partial charge in [0.05, 0.1) is 32.3 Å². The molecular formula is C24H23Cl2N3O5. The van der Waals surface area contributed by atoms with Gasteiger partial charge in [-0.05, 0) is 48.6 Å². The van der Waals surface area contributed by atoms with Crippen LogP contribution in [0.25, 0.3) is 0 Å². The molecule has 0 saturated heterocycles. The van der Waals surface area contributed by atoms with E-state index in [1.807, 2.05) is 20.8 Å². The quantitative estimate of drug-likeness (QED) is 0.293. The first-order chi connectivity index (χ1) is 15.9. The Labute approximate surface area is 206 Å². The topological polar surface area (TPSA) is 111 Å². The SMILES string of the molecule is CC12CCC(C(=O)Nc3cc(Cl)ccc3Cl)(C/C1=N\OC(=O)c1ccc([N+](=O)[O-])cc1)C2(C)C. The molecule has 178 valence electrons. The number of benzene rings is 2. The molecule has 34 heavy (non-hydrogen) atoms. The molecule has 1 amide bonds. The molecule has 2 saturated carbocycles.